The zero-order valence-electron chi connectivity index (χ0n) is 26.2. The molecule has 0 aliphatic rings. The summed E-state index contributed by atoms with van der Waals surface area (Å²) in [6.07, 6.45) is 6.88. The standard InChI is InChI=1S/C35H40ClN4O5P/c1-3-5-22-35(23-6-4-2,46(42,43)44)26-16-20-28(21-17-26)38-32(41)13-9-12-31-33(25-14-18-27(36)19-15-25)39-34(45-31)40-24-37-29-10-7-8-11-30(29)40/h7-8,10-11,14-21,24H,3-6,9,12-13,22-23H2,1-2H3,(H,38,41)(H2,42,43,44). The summed E-state index contributed by atoms with van der Waals surface area (Å²) >= 11 is 6.13. The third-order valence-electron chi connectivity index (χ3n) is 8.42. The number of imidazole rings is 1. The van der Waals surface area contributed by atoms with Crippen molar-refractivity contribution in [3.63, 3.8) is 0 Å². The summed E-state index contributed by atoms with van der Waals surface area (Å²) in [6.45, 7) is 4.04. The highest BCUT2D eigenvalue weighted by Gasteiger charge is 2.47. The number of hydrogen-bond donors (Lipinski definition) is 3. The second-order valence-corrected chi connectivity index (χ2v) is 14.0. The van der Waals surface area contributed by atoms with E-state index in [0.717, 1.165) is 42.3 Å². The summed E-state index contributed by atoms with van der Waals surface area (Å²) in [4.78, 5) is 43.1. The highest BCUT2D eigenvalue weighted by Crippen LogP contribution is 2.62. The normalized spacial score (nSPS) is 12.1. The first-order chi connectivity index (χ1) is 22.1. The van der Waals surface area contributed by atoms with Gasteiger partial charge in [-0.3, -0.25) is 13.9 Å². The number of halogens is 1. The minimum absolute atomic E-state index is 0.167. The van der Waals surface area contributed by atoms with Gasteiger partial charge in [0, 0.05) is 29.1 Å². The number of para-hydroxylation sites is 2. The van der Waals surface area contributed by atoms with Gasteiger partial charge < -0.3 is 19.5 Å². The number of carbonyl (C=O) groups is 1. The first kappa shape index (κ1) is 33.6. The van der Waals surface area contributed by atoms with Gasteiger partial charge in [-0.2, -0.15) is 4.98 Å². The molecule has 2 heterocycles. The molecular weight excluding hydrogens is 623 g/mol. The predicted molar refractivity (Wildman–Crippen MR) is 182 cm³/mol. The second-order valence-electron chi connectivity index (χ2n) is 11.6. The molecule has 0 fully saturated rings. The van der Waals surface area contributed by atoms with E-state index in [1.165, 1.54) is 0 Å². The molecule has 2 aromatic heterocycles. The predicted octanol–water partition coefficient (Wildman–Crippen LogP) is 9.05. The monoisotopic (exact) mass is 662 g/mol. The summed E-state index contributed by atoms with van der Waals surface area (Å²) in [5.74, 6) is 0.486. The Balaban J connectivity index is 1.29. The van der Waals surface area contributed by atoms with Gasteiger partial charge in [0.15, 0.2) is 0 Å². The number of fused-ring (bicyclic) bond motifs is 1. The number of rotatable bonds is 15. The van der Waals surface area contributed by atoms with Crippen molar-refractivity contribution < 1.29 is 23.6 Å². The zero-order valence-corrected chi connectivity index (χ0v) is 27.8. The molecule has 0 aliphatic carbocycles. The Morgan fingerprint density at radius 2 is 1.63 bits per heavy atom. The first-order valence-corrected chi connectivity index (χ1v) is 17.8. The van der Waals surface area contributed by atoms with Crippen LogP contribution in [0, 0.1) is 0 Å². The average Bonchev–Trinajstić information content (AvgIpc) is 3.66. The SMILES string of the molecule is CCCCC(CCCC)(c1ccc(NC(=O)CCCc2oc(-n3cnc4ccccc43)nc2-c2ccc(Cl)cc2)cc1)P(=O)(O)O. The maximum Gasteiger partial charge on any atom is 0.335 e. The van der Waals surface area contributed by atoms with Gasteiger partial charge in [-0.05, 0) is 61.2 Å². The molecule has 0 unspecified atom stereocenters. The maximum absolute atomic E-state index is 12.9. The van der Waals surface area contributed by atoms with E-state index >= 15 is 0 Å². The van der Waals surface area contributed by atoms with E-state index in [1.54, 1.807) is 47.3 Å². The van der Waals surface area contributed by atoms with Gasteiger partial charge in [0.1, 0.15) is 17.8 Å². The molecule has 5 rings (SSSR count). The molecule has 46 heavy (non-hydrogen) atoms. The van der Waals surface area contributed by atoms with E-state index < -0.39 is 12.8 Å². The fourth-order valence-corrected chi connectivity index (χ4v) is 7.38. The van der Waals surface area contributed by atoms with Gasteiger partial charge in [-0.1, -0.05) is 87.5 Å². The number of nitrogens with one attached hydrogen (secondary N) is 1. The lowest BCUT2D eigenvalue weighted by molar-refractivity contribution is -0.116. The van der Waals surface area contributed by atoms with Crippen molar-refractivity contribution in [2.24, 2.45) is 0 Å². The smallest absolute Gasteiger partial charge is 0.335 e. The number of carbonyl (C=O) groups excluding carboxylic acids is 1. The van der Waals surface area contributed by atoms with E-state index in [0.29, 0.717) is 59.4 Å². The van der Waals surface area contributed by atoms with Crippen LogP contribution >= 0.6 is 19.2 Å². The molecule has 3 N–H and O–H groups in total. The fraction of sp³-hybridized carbons (Fsp3) is 0.343. The molecule has 9 nitrogen and oxygen atoms in total. The second kappa shape index (κ2) is 14.8. The highest BCUT2D eigenvalue weighted by molar-refractivity contribution is 7.53. The third-order valence-corrected chi connectivity index (χ3v) is 10.5. The molecule has 0 spiro atoms. The molecule has 1 amide bonds. The molecular formula is C35H40ClN4O5P. The largest absolute Gasteiger partial charge is 0.427 e. The number of nitrogens with zero attached hydrogens (tertiary/aromatic N) is 3. The van der Waals surface area contributed by atoms with Gasteiger partial charge in [-0.15, -0.1) is 0 Å². The lowest BCUT2D eigenvalue weighted by Crippen LogP contribution is -2.26. The van der Waals surface area contributed by atoms with Crippen LogP contribution in [0.25, 0.3) is 28.3 Å². The molecule has 0 aliphatic heterocycles. The Labute approximate surface area is 274 Å². The quantitative estimate of drug-likeness (QED) is 0.0953. The topological polar surface area (TPSA) is 130 Å². The molecule has 0 atom stereocenters. The molecule has 3 aromatic carbocycles. The Kier molecular flexibility index (Phi) is 10.8. The van der Waals surface area contributed by atoms with E-state index in [-0.39, 0.29) is 12.3 Å². The Hall–Kier alpha value is -3.75. The van der Waals surface area contributed by atoms with E-state index in [1.807, 2.05) is 50.2 Å². The van der Waals surface area contributed by atoms with Crippen molar-refractivity contribution in [1.29, 1.82) is 0 Å². The first-order valence-electron chi connectivity index (χ1n) is 15.8. The lowest BCUT2D eigenvalue weighted by Gasteiger charge is -2.35. The van der Waals surface area contributed by atoms with E-state index in [4.69, 9.17) is 21.0 Å². The third kappa shape index (κ3) is 7.45. The number of aryl methyl sites for hydroxylation is 1. The fourth-order valence-electron chi connectivity index (χ4n) is 5.87. The van der Waals surface area contributed by atoms with Crippen LogP contribution in [0.15, 0.2) is 83.5 Å². The van der Waals surface area contributed by atoms with Crippen molar-refractivity contribution in [3.05, 3.63) is 95.5 Å². The molecule has 0 saturated carbocycles. The number of unbranched alkanes of at least 4 members (excludes halogenated alkanes) is 2. The van der Waals surface area contributed by atoms with Crippen LogP contribution < -0.4 is 5.32 Å². The molecule has 11 heteroatoms. The summed E-state index contributed by atoms with van der Waals surface area (Å²) in [6, 6.07) is 22.5. The van der Waals surface area contributed by atoms with Crippen LogP contribution in [0.4, 0.5) is 5.69 Å². The minimum atomic E-state index is -4.44. The van der Waals surface area contributed by atoms with Crippen molar-refractivity contribution in [3.8, 4) is 17.3 Å². The number of benzene rings is 3. The van der Waals surface area contributed by atoms with E-state index in [9.17, 15) is 19.1 Å². The highest BCUT2D eigenvalue weighted by atomic mass is 35.5. The van der Waals surface area contributed by atoms with Crippen LogP contribution in [-0.4, -0.2) is 30.2 Å². The van der Waals surface area contributed by atoms with Gasteiger partial charge in [0.2, 0.25) is 5.91 Å². The number of amides is 1. The van der Waals surface area contributed by atoms with Gasteiger partial charge in [-0.25, -0.2) is 4.98 Å². The van der Waals surface area contributed by atoms with Crippen molar-refractivity contribution in [2.75, 3.05) is 5.32 Å². The Morgan fingerprint density at radius 3 is 2.28 bits per heavy atom. The van der Waals surface area contributed by atoms with Gasteiger partial charge in [0.25, 0.3) is 0 Å². The van der Waals surface area contributed by atoms with Gasteiger partial charge in [0.05, 0.1) is 16.2 Å². The Bertz CT molecular complexity index is 1800. The van der Waals surface area contributed by atoms with Crippen molar-refractivity contribution >= 4 is 41.8 Å². The zero-order chi connectivity index (χ0) is 32.7. The molecule has 0 radical (unpaired) electrons. The van der Waals surface area contributed by atoms with Crippen molar-refractivity contribution in [1.82, 2.24) is 14.5 Å². The van der Waals surface area contributed by atoms with Crippen LogP contribution in [0.5, 0.6) is 0 Å². The number of aromatic nitrogens is 3. The average molecular weight is 663 g/mol. The lowest BCUT2D eigenvalue weighted by atomic mass is 9.87. The van der Waals surface area contributed by atoms with Crippen LogP contribution in [0.3, 0.4) is 0 Å². The molecule has 0 bridgehead atoms. The number of oxazole rings is 1. The molecule has 242 valence electrons. The summed E-state index contributed by atoms with van der Waals surface area (Å²) in [5, 5.41) is 2.33. The molecule has 0 saturated heterocycles. The van der Waals surface area contributed by atoms with Gasteiger partial charge >= 0.3 is 13.6 Å². The van der Waals surface area contributed by atoms with Crippen LogP contribution in [0.1, 0.15) is 76.5 Å². The number of hydrogen-bond acceptors (Lipinski definition) is 5. The summed E-state index contributed by atoms with van der Waals surface area (Å²) in [5.41, 5.74) is 4.43. The number of anilines is 1. The summed E-state index contributed by atoms with van der Waals surface area (Å²) < 4.78 is 20.9. The van der Waals surface area contributed by atoms with Crippen molar-refractivity contribution in [2.45, 2.75) is 76.8 Å². The Morgan fingerprint density at radius 1 is 0.957 bits per heavy atom. The molecule has 5 aromatic rings. The maximum atomic E-state index is 12.9. The summed E-state index contributed by atoms with van der Waals surface area (Å²) in [7, 11) is -4.44. The van der Waals surface area contributed by atoms with Crippen LogP contribution in [-0.2, 0) is 20.9 Å². The van der Waals surface area contributed by atoms with E-state index in [2.05, 4.69) is 10.3 Å². The minimum Gasteiger partial charge on any atom is -0.427 e. The van der Waals surface area contributed by atoms with Crippen LogP contribution in [0.2, 0.25) is 5.02 Å².